The van der Waals surface area contributed by atoms with Crippen LogP contribution in [0, 0.1) is 0 Å². The molecule has 0 radical (unpaired) electrons. The summed E-state index contributed by atoms with van der Waals surface area (Å²) in [5, 5.41) is 0. The lowest BCUT2D eigenvalue weighted by molar-refractivity contribution is 0.452. The first-order valence-corrected chi connectivity index (χ1v) is 5.04. The molecule has 15 heavy (non-hydrogen) atoms. The van der Waals surface area contributed by atoms with Gasteiger partial charge in [-0.1, -0.05) is 0 Å². The standard InChI is InChI=1S/C12H14N2O/c13-11(12-2-1-9-15-12)4-3-10-5-7-14-8-6-10/h1-2,5-9,11H,3-4,13H2. The van der Waals surface area contributed by atoms with Gasteiger partial charge in [0.05, 0.1) is 12.3 Å². The lowest BCUT2D eigenvalue weighted by Gasteiger charge is -2.07. The highest BCUT2D eigenvalue weighted by molar-refractivity contribution is 5.11. The second-order valence-corrected chi connectivity index (χ2v) is 3.52. The van der Waals surface area contributed by atoms with Gasteiger partial charge in [-0.3, -0.25) is 4.98 Å². The quantitative estimate of drug-likeness (QED) is 0.827. The molecule has 78 valence electrons. The summed E-state index contributed by atoms with van der Waals surface area (Å²) in [4.78, 5) is 3.97. The molecule has 2 N–H and O–H groups in total. The van der Waals surface area contributed by atoms with Crippen LogP contribution in [0.3, 0.4) is 0 Å². The normalized spacial score (nSPS) is 12.6. The van der Waals surface area contributed by atoms with Crippen molar-refractivity contribution in [3.05, 3.63) is 54.2 Å². The molecule has 0 aliphatic carbocycles. The van der Waals surface area contributed by atoms with Gasteiger partial charge in [-0.2, -0.15) is 0 Å². The molecule has 2 rings (SSSR count). The van der Waals surface area contributed by atoms with Gasteiger partial charge >= 0.3 is 0 Å². The summed E-state index contributed by atoms with van der Waals surface area (Å²) >= 11 is 0. The topological polar surface area (TPSA) is 52.0 Å². The van der Waals surface area contributed by atoms with Crippen LogP contribution in [0.1, 0.15) is 23.8 Å². The van der Waals surface area contributed by atoms with Crippen LogP contribution in [-0.2, 0) is 6.42 Å². The molecule has 0 spiro atoms. The van der Waals surface area contributed by atoms with Gasteiger partial charge in [-0.15, -0.1) is 0 Å². The van der Waals surface area contributed by atoms with Crippen LogP contribution in [0.25, 0.3) is 0 Å². The lowest BCUT2D eigenvalue weighted by atomic mass is 10.1. The molecule has 0 saturated carbocycles. The Labute approximate surface area is 88.9 Å². The van der Waals surface area contributed by atoms with E-state index in [1.807, 2.05) is 24.3 Å². The maximum Gasteiger partial charge on any atom is 0.120 e. The number of pyridine rings is 1. The van der Waals surface area contributed by atoms with E-state index in [1.165, 1.54) is 5.56 Å². The van der Waals surface area contributed by atoms with Crippen LogP contribution in [-0.4, -0.2) is 4.98 Å². The van der Waals surface area contributed by atoms with E-state index in [0.717, 1.165) is 18.6 Å². The van der Waals surface area contributed by atoms with E-state index in [4.69, 9.17) is 10.2 Å². The van der Waals surface area contributed by atoms with Gasteiger partial charge in [0.2, 0.25) is 0 Å². The molecule has 0 aliphatic rings. The molecule has 2 aromatic rings. The third kappa shape index (κ3) is 2.67. The number of nitrogens with two attached hydrogens (primary N) is 1. The number of rotatable bonds is 4. The monoisotopic (exact) mass is 202 g/mol. The Morgan fingerprint density at radius 2 is 2.07 bits per heavy atom. The zero-order valence-electron chi connectivity index (χ0n) is 8.47. The third-order valence-electron chi connectivity index (χ3n) is 2.40. The van der Waals surface area contributed by atoms with Crippen molar-refractivity contribution < 1.29 is 4.42 Å². The molecule has 0 aromatic carbocycles. The molecule has 0 saturated heterocycles. The molecule has 0 amide bonds. The molecule has 0 fully saturated rings. The van der Waals surface area contributed by atoms with Gasteiger partial charge in [-0.25, -0.2) is 0 Å². The van der Waals surface area contributed by atoms with E-state index < -0.39 is 0 Å². The average Bonchev–Trinajstić information content (AvgIpc) is 2.81. The van der Waals surface area contributed by atoms with E-state index in [-0.39, 0.29) is 6.04 Å². The molecule has 2 heterocycles. The summed E-state index contributed by atoms with van der Waals surface area (Å²) in [6, 6.07) is 7.77. The second-order valence-electron chi connectivity index (χ2n) is 3.52. The van der Waals surface area contributed by atoms with Crippen molar-refractivity contribution in [2.45, 2.75) is 18.9 Å². The molecular formula is C12H14N2O. The first-order valence-electron chi connectivity index (χ1n) is 5.04. The molecule has 3 nitrogen and oxygen atoms in total. The van der Waals surface area contributed by atoms with Crippen molar-refractivity contribution in [3.8, 4) is 0 Å². The molecule has 2 aromatic heterocycles. The van der Waals surface area contributed by atoms with Gasteiger partial charge < -0.3 is 10.2 Å². The number of hydrogen-bond donors (Lipinski definition) is 1. The summed E-state index contributed by atoms with van der Waals surface area (Å²) in [5.41, 5.74) is 7.23. The highest BCUT2D eigenvalue weighted by Crippen LogP contribution is 2.16. The van der Waals surface area contributed by atoms with Crippen molar-refractivity contribution in [1.82, 2.24) is 4.98 Å². The van der Waals surface area contributed by atoms with Crippen LogP contribution < -0.4 is 5.73 Å². The predicted octanol–water partition coefficient (Wildman–Crippen LogP) is 2.31. The van der Waals surface area contributed by atoms with Crippen molar-refractivity contribution >= 4 is 0 Å². The summed E-state index contributed by atoms with van der Waals surface area (Å²) in [5.74, 6) is 0.851. The summed E-state index contributed by atoms with van der Waals surface area (Å²) < 4.78 is 5.25. The summed E-state index contributed by atoms with van der Waals surface area (Å²) in [6.45, 7) is 0. The van der Waals surface area contributed by atoms with Crippen LogP contribution in [0.4, 0.5) is 0 Å². The number of nitrogens with zero attached hydrogens (tertiary/aromatic N) is 1. The van der Waals surface area contributed by atoms with Gasteiger partial charge in [0.15, 0.2) is 0 Å². The number of aryl methyl sites for hydroxylation is 1. The number of hydrogen-bond acceptors (Lipinski definition) is 3. The maximum atomic E-state index is 5.98. The fourth-order valence-electron chi connectivity index (χ4n) is 1.52. The van der Waals surface area contributed by atoms with Crippen molar-refractivity contribution in [3.63, 3.8) is 0 Å². The Bertz CT molecular complexity index is 383. The number of aromatic nitrogens is 1. The van der Waals surface area contributed by atoms with E-state index in [9.17, 15) is 0 Å². The first-order chi connectivity index (χ1) is 7.36. The van der Waals surface area contributed by atoms with Crippen LogP contribution in [0.5, 0.6) is 0 Å². The van der Waals surface area contributed by atoms with Crippen LogP contribution in [0.15, 0.2) is 47.3 Å². The average molecular weight is 202 g/mol. The maximum absolute atomic E-state index is 5.98. The first kappa shape index (κ1) is 9.93. The third-order valence-corrected chi connectivity index (χ3v) is 2.40. The molecular weight excluding hydrogens is 188 g/mol. The summed E-state index contributed by atoms with van der Waals surface area (Å²) in [7, 11) is 0. The SMILES string of the molecule is NC(CCc1ccncc1)c1ccco1. The smallest absolute Gasteiger partial charge is 0.120 e. The Hall–Kier alpha value is -1.61. The highest BCUT2D eigenvalue weighted by atomic mass is 16.3. The van der Waals surface area contributed by atoms with E-state index >= 15 is 0 Å². The second kappa shape index (κ2) is 4.75. The Morgan fingerprint density at radius 1 is 1.27 bits per heavy atom. The molecule has 1 atom stereocenters. The largest absolute Gasteiger partial charge is 0.468 e. The van der Waals surface area contributed by atoms with Gasteiger partial charge in [0, 0.05) is 12.4 Å². The van der Waals surface area contributed by atoms with Crippen molar-refractivity contribution in [1.29, 1.82) is 0 Å². The fourth-order valence-corrected chi connectivity index (χ4v) is 1.52. The van der Waals surface area contributed by atoms with Crippen LogP contribution in [0.2, 0.25) is 0 Å². The van der Waals surface area contributed by atoms with E-state index in [0.29, 0.717) is 0 Å². The Balaban J connectivity index is 1.89. The van der Waals surface area contributed by atoms with Crippen molar-refractivity contribution in [2.75, 3.05) is 0 Å². The van der Waals surface area contributed by atoms with E-state index in [2.05, 4.69) is 4.98 Å². The minimum atomic E-state index is -0.0202. The Morgan fingerprint density at radius 3 is 2.73 bits per heavy atom. The fraction of sp³-hybridized carbons (Fsp3) is 0.250. The van der Waals surface area contributed by atoms with Crippen molar-refractivity contribution in [2.24, 2.45) is 5.73 Å². The van der Waals surface area contributed by atoms with Gasteiger partial charge in [0.25, 0.3) is 0 Å². The highest BCUT2D eigenvalue weighted by Gasteiger charge is 2.08. The Kier molecular flexibility index (Phi) is 3.15. The van der Waals surface area contributed by atoms with Crippen LogP contribution >= 0.6 is 0 Å². The molecule has 1 unspecified atom stereocenters. The zero-order valence-corrected chi connectivity index (χ0v) is 8.47. The molecule has 0 aliphatic heterocycles. The number of furan rings is 1. The minimum Gasteiger partial charge on any atom is -0.468 e. The predicted molar refractivity (Wildman–Crippen MR) is 58.2 cm³/mol. The molecule has 0 bridgehead atoms. The lowest BCUT2D eigenvalue weighted by Crippen LogP contribution is -2.10. The minimum absolute atomic E-state index is 0.0202. The zero-order chi connectivity index (χ0) is 10.5. The van der Waals surface area contributed by atoms with Gasteiger partial charge in [-0.05, 0) is 42.7 Å². The molecule has 3 heteroatoms. The summed E-state index contributed by atoms with van der Waals surface area (Å²) in [6.07, 6.45) is 7.09. The van der Waals surface area contributed by atoms with Gasteiger partial charge in [0.1, 0.15) is 5.76 Å². The van der Waals surface area contributed by atoms with E-state index in [1.54, 1.807) is 18.7 Å².